The number of hydrogen-bond donors (Lipinski definition) is 2. The van der Waals surface area contributed by atoms with Crippen LogP contribution in [0.15, 0.2) is 18.2 Å². The normalized spacial score (nSPS) is 9.60. The highest BCUT2D eigenvalue weighted by molar-refractivity contribution is 6.00. The molecule has 5 heteroatoms. The maximum atomic E-state index is 9.21. The Labute approximate surface area is 88.3 Å². The summed E-state index contributed by atoms with van der Waals surface area (Å²) in [5, 5.41) is 17.6. The van der Waals surface area contributed by atoms with E-state index in [1.54, 1.807) is 18.2 Å². The van der Waals surface area contributed by atoms with Crippen molar-refractivity contribution in [3.63, 3.8) is 0 Å². The lowest BCUT2D eigenvalue weighted by Crippen LogP contribution is -2.23. The molecular weight excluding hydrogens is 196 g/mol. The molecule has 5 nitrogen and oxygen atoms in total. The van der Waals surface area contributed by atoms with Crippen molar-refractivity contribution in [1.29, 1.82) is 5.41 Å². The molecule has 2 N–H and O–H groups in total. The number of amidine groups is 1. The highest BCUT2D eigenvalue weighted by Gasteiger charge is 2.16. The number of hydroxylamine groups is 2. The number of nitrogens with one attached hydrogen (secondary N) is 1. The van der Waals surface area contributed by atoms with Gasteiger partial charge in [0.05, 0.1) is 14.2 Å². The van der Waals surface area contributed by atoms with E-state index in [0.717, 1.165) is 0 Å². The van der Waals surface area contributed by atoms with Crippen LogP contribution in [0.5, 0.6) is 11.5 Å². The minimum atomic E-state index is -0.0794. The minimum Gasteiger partial charge on any atom is -0.496 e. The zero-order valence-corrected chi connectivity index (χ0v) is 8.94. The predicted octanol–water partition coefficient (Wildman–Crippen LogP) is 1.35. The number of hydrogen-bond acceptors (Lipinski definition) is 4. The van der Waals surface area contributed by atoms with E-state index in [1.807, 2.05) is 0 Å². The Morgan fingerprint density at radius 2 is 1.73 bits per heavy atom. The summed E-state index contributed by atoms with van der Waals surface area (Å²) in [6.45, 7) is 0. The van der Waals surface area contributed by atoms with Crippen LogP contribution in [0, 0.1) is 5.41 Å². The largest absolute Gasteiger partial charge is 0.496 e. The molecule has 1 aromatic rings. The summed E-state index contributed by atoms with van der Waals surface area (Å²) in [6, 6.07) is 5.16. The van der Waals surface area contributed by atoms with Crippen molar-refractivity contribution in [2.45, 2.75) is 0 Å². The minimum absolute atomic E-state index is 0.0794. The number of ether oxygens (including phenoxy) is 2. The third-order valence-corrected chi connectivity index (χ3v) is 1.99. The smallest absolute Gasteiger partial charge is 0.159 e. The van der Waals surface area contributed by atoms with Gasteiger partial charge in [0, 0.05) is 7.05 Å². The average molecular weight is 210 g/mol. The molecule has 0 heterocycles. The molecule has 0 radical (unpaired) electrons. The van der Waals surface area contributed by atoms with Gasteiger partial charge < -0.3 is 9.47 Å². The second-order valence-corrected chi connectivity index (χ2v) is 2.91. The van der Waals surface area contributed by atoms with Crippen LogP contribution >= 0.6 is 0 Å². The van der Waals surface area contributed by atoms with Gasteiger partial charge in [0.2, 0.25) is 0 Å². The van der Waals surface area contributed by atoms with Gasteiger partial charge in [-0.2, -0.15) is 0 Å². The lowest BCUT2D eigenvalue weighted by atomic mass is 10.1. The molecule has 1 aromatic carbocycles. The van der Waals surface area contributed by atoms with Crippen molar-refractivity contribution < 1.29 is 14.7 Å². The van der Waals surface area contributed by atoms with E-state index in [1.165, 1.54) is 21.3 Å². The molecule has 0 unspecified atom stereocenters. The van der Waals surface area contributed by atoms with Gasteiger partial charge in [0.15, 0.2) is 5.84 Å². The van der Waals surface area contributed by atoms with E-state index in [4.69, 9.17) is 14.9 Å². The molecule has 82 valence electrons. The molecule has 0 saturated heterocycles. The summed E-state index contributed by atoms with van der Waals surface area (Å²) in [5.41, 5.74) is 0.424. The van der Waals surface area contributed by atoms with Crippen LogP contribution in [0.3, 0.4) is 0 Å². The fourth-order valence-corrected chi connectivity index (χ4v) is 1.25. The summed E-state index contributed by atoms with van der Waals surface area (Å²) in [4.78, 5) is 0. The van der Waals surface area contributed by atoms with Crippen LogP contribution in [0.2, 0.25) is 0 Å². The average Bonchev–Trinajstić information content (AvgIpc) is 2.26. The predicted molar refractivity (Wildman–Crippen MR) is 55.9 cm³/mol. The maximum Gasteiger partial charge on any atom is 0.159 e. The van der Waals surface area contributed by atoms with Gasteiger partial charge in [-0.1, -0.05) is 6.07 Å². The molecule has 0 aliphatic rings. The van der Waals surface area contributed by atoms with Crippen LogP contribution < -0.4 is 9.47 Å². The van der Waals surface area contributed by atoms with Gasteiger partial charge in [-0.25, -0.2) is 5.06 Å². The van der Waals surface area contributed by atoms with Gasteiger partial charge in [0.1, 0.15) is 17.1 Å². The molecule has 0 aliphatic carbocycles. The van der Waals surface area contributed by atoms with Crippen LogP contribution in [-0.4, -0.2) is 37.4 Å². The Balaban J connectivity index is 3.28. The first kappa shape index (κ1) is 11.3. The zero-order valence-electron chi connectivity index (χ0n) is 8.94. The molecule has 15 heavy (non-hydrogen) atoms. The highest BCUT2D eigenvalue weighted by atomic mass is 16.5. The number of methoxy groups -OCH3 is 2. The zero-order chi connectivity index (χ0) is 11.4. The fraction of sp³-hybridized carbons (Fsp3) is 0.300. The summed E-state index contributed by atoms with van der Waals surface area (Å²) < 4.78 is 10.2. The van der Waals surface area contributed by atoms with Gasteiger partial charge >= 0.3 is 0 Å². The lowest BCUT2D eigenvalue weighted by Gasteiger charge is -2.17. The summed E-state index contributed by atoms with van der Waals surface area (Å²) in [7, 11) is 4.38. The molecule has 0 saturated carbocycles. The second-order valence-electron chi connectivity index (χ2n) is 2.91. The molecule has 0 atom stereocenters. The molecule has 0 fully saturated rings. The van der Waals surface area contributed by atoms with Crippen molar-refractivity contribution in [1.82, 2.24) is 5.06 Å². The topological polar surface area (TPSA) is 65.8 Å². The Morgan fingerprint density at radius 3 is 2.07 bits per heavy atom. The van der Waals surface area contributed by atoms with E-state index < -0.39 is 0 Å². The van der Waals surface area contributed by atoms with Gasteiger partial charge in [0.25, 0.3) is 0 Å². The van der Waals surface area contributed by atoms with Crippen LogP contribution in [-0.2, 0) is 0 Å². The van der Waals surface area contributed by atoms with Crippen molar-refractivity contribution >= 4 is 5.84 Å². The van der Waals surface area contributed by atoms with E-state index >= 15 is 0 Å². The first-order valence-corrected chi connectivity index (χ1v) is 4.34. The molecule has 0 spiro atoms. The summed E-state index contributed by atoms with van der Waals surface area (Å²) in [5.74, 6) is 0.893. The first-order chi connectivity index (χ1) is 7.11. The Bertz CT molecular complexity index is 341. The number of benzene rings is 1. The van der Waals surface area contributed by atoms with Crippen molar-refractivity contribution in [3.8, 4) is 11.5 Å². The molecular formula is C10H14N2O3. The third kappa shape index (κ3) is 2.19. The molecule has 0 aliphatic heterocycles. The van der Waals surface area contributed by atoms with Crippen molar-refractivity contribution in [2.24, 2.45) is 0 Å². The second kappa shape index (κ2) is 4.65. The molecule has 1 rings (SSSR count). The standard InChI is InChI=1S/C10H14N2O3/c1-12(13)10(11)9-7(14-2)5-4-6-8(9)15-3/h4-6,11,13H,1-3H3. The van der Waals surface area contributed by atoms with Crippen molar-refractivity contribution in [2.75, 3.05) is 21.3 Å². The Morgan fingerprint density at radius 1 is 1.27 bits per heavy atom. The first-order valence-electron chi connectivity index (χ1n) is 4.34. The van der Waals surface area contributed by atoms with E-state index in [9.17, 15) is 5.21 Å². The van der Waals surface area contributed by atoms with Gasteiger partial charge in [-0.15, -0.1) is 0 Å². The van der Waals surface area contributed by atoms with E-state index in [-0.39, 0.29) is 5.84 Å². The monoisotopic (exact) mass is 210 g/mol. The quantitative estimate of drug-likeness (QED) is 0.449. The lowest BCUT2D eigenvalue weighted by molar-refractivity contribution is 0.0130. The van der Waals surface area contributed by atoms with Crippen LogP contribution in [0.4, 0.5) is 0 Å². The Hall–Kier alpha value is -1.75. The summed E-state index contributed by atoms with van der Waals surface area (Å²) in [6.07, 6.45) is 0. The van der Waals surface area contributed by atoms with E-state index in [2.05, 4.69) is 0 Å². The van der Waals surface area contributed by atoms with E-state index in [0.29, 0.717) is 22.1 Å². The maximum absolute atomic E-state index is 9.21. The SMILES string of the molecule is COc1cccc(OC)c1C(=N)N(C)O. The molecule has 0 aromatic heterocycles. The summed E-state index contributed by atoms with van der Waals surface area (Å²) >= 11 is 0. The fourth-order valence-electron chi connectivity index (χ4n) is 1.25. The van der Waals surface area contributed by atoms with Crippen LogP contribution in [0.1, 0.15) is 5.56 Å². The Kier molecular flexibility index (Phi) is 3.51. The number of rotatable bonds is 3. The van der Waals surface area contributed by atoms with Gasteiger partial charge in [-0.3, -0.25) is 10.6 Å². The number of nitrogens with zero attached hydrogens (tertiary/aromatic N) is 1. The highest BCUT2D eigenvalue weighted by Crippen LogP contribution is 2.28. The van der Waals surface area contributed by atoms with Gasteiger partial charge in [-0.05, 0) is 12.1 Å². The molecule has 0 bridgehead atoms. The molecule has 0 amide bonds. The third-order valence-electron chi connectivity index (χ3n) is 1.99. The van der Waals surface area contributed by atoms with Crippen molar-refractivity contribution in [3.05, 3.63) is 23.8 Å². The van der Waals surface area contributed by atoms with Crippen LogP contribution in [0.25, 0.3) is 0 Å².